The third-order valence-electron chi connectivity index (χ3n) is 9.70. The molecule has 1 aromatic heterocycles. The van der Waals surface area contributed by atoms with Crippen molar-refractivity contribution in [3.8, 4) is 0 Å². The fraction of sp³-hybridized carbons (Fsp3) is 0.593. The van der Waals surface area contributed by atoms with Gasteiger partial charge in [0.1, 0.15) is 11.8 Å². The maximum absolute atomic E-state index is 10.6. The number of nitrogens with zero attached hydrogens (tertiary/aromatic N) is 1. The van der Waals surface area contributed by atoms with Gasteiger partial charge in [0.05, 0.1) is 11.7 Å². The van der Waals surface area contributed by atoms with Crippen molar-refractivity contribution in [1.29, 1.82) is 0 Å². The molecule has 3 N–H and O–H groups in total. The summed E-state index contributed by atoms with van der Waals surface area (Å²) in [6, 6.07) is 8.73. The number of fused-ring (bicyclic) bond motifs is 9. The van der Waals surface area contributed by atoms with Gasteiger partial charge in [-0.3, -0.25) is 0 Å². The molecule has 2 fully saturated rings. The van der Waals surface area contributed by atoms with Crippen LogP contribution in [0.25, 0.3) is 10.9 Å². The molecule has 1 aliphatic heterocycles. The normalized spacial score (nSPS) is 39.9. The molecule has 0 amide bonds. The van der Waals surface area contributed by atoms with E-state index >= 15 is 0 Å². The zero-order chi connectivity index (χ0) is 22.5. The van der Waals surface area contributed by atoms with Crippen LogP contribution in [0.15, 0.2) is 41.1 Å². The first-order chi connectivity index (χ1) is 15.2. The summed E-state index contributed by atoms with van der Waals surface area (Å²) in [5, 5.41) is 25.3. The molecule has 6 atom stereocenters. The summed E-state index contributed by atoms with van der Waals surface area (Å²) < 4.78 is 6.40. The number of ether oxygens (including phenoxy) is 1. The number of nitrogens with one attached hydrogen (secondary N) is 1. The second-order valence-electron chi connectivity index (χ2n) is 11.5. The Hall–Kier alpha value is -2.11. The van der Waals surface area contributed by atoms with Crippen LogP contribution < -0.4 is 0 Å². The summed E-state index contributed by atoms with van der Waals surface area (Å²) >= 11 is 0. The molecule has 3 aliphatic carbocycles. The standard InChI is InChI=1S/C27H34N2O3/c1-25(2,30)24-21(29-31)14-18-19-10-9-15-13-17-16-7-5-6-8-20(16)28-23(17)27(15,4)26(19,3)12-11-22(18)32-24/h5-8,14-15,19,22,24,28,30-31H,9-13H2,1-4H3/t15?,19?,22?,24?,26-,27+/m0/s1. The molecule has 32 heavy (non-hydrogen) atoms. The Morgan fingerprint density at radius 2 is 1.94 bits per heavy atom. The topological polar surface area (TPSA) is 77.8 Å². The molecular formula is C27H34N2O3. The van der Waals surface area contributed by atoms with E-state index in [1.807, 2.05) is 6.08 Å². The van der Waals surface area contributed by atoms with Crippen molar-refractivity contribution in [2.75, 3.05) is 0 Å². The van der Waals surface area contributed by atoms with E-state index in [0.717, 1.165) is 25.7 Å². The van der Waals surface area contributed by atoms with Crippen molar-refractivity contribution in [3.63, 3.8) is 0 Å². The molecule has 2 saturated carbocycles. The van der Waals surface area contributed by atoms with Crippen LogP contribution in [0.4, 0.5) is 0 Å². The minimum absolute atomic E-state index is 0.0151. The van der Waals surface area contributed by atoms with E-state index in [2.05, 4.69) is 48.3 Å². The number of oxime groups is 1. The summed E-state index contributed by atoms with van der Waals surface area (Å²) in [6.07, 6.45) is 6.93. The van der Waals surface area contributed by atoms with Gasteiger partial charge < -0.3 is 20.0 Å². The molecule has 0 radical (unpaired) electrons. The molecule has 4 unspecified atom stereocenters. The average Bonchev–Trinajstić information content (AvgIpc) is 3.27. The van der Waals surface area contributed by atoms with Crippen LogP contribution in [0.2, 0.25) is 0 Å². The van der Waals surface area contributed by atoms with Crippen LogP contribution in [0, 0.1) is 17.3 Å². The number of hydrogen-bond donors (Lipinski definition) is 3. The Morgan fingerprint density at radius 1 is 1.16 bits per heavy atom. The summed E-state index contributed by atoms with van der Waals surface area (Å²) in [6.45, 7) is 8.42. The quantitative estimate of drug-likeness (QED) is 0.431. The fourth-order valence-corrected chi connectivity index (χ4v) is 7.92. The van der Waals surface area contributed by atoms with Gasteiger partial charge in [0.15, 0.2) is 0 Å². The Kier molecular flexibility index (Phi) is 4.15. The highest BCUT2D eigenvalue weighted by Gasteiger charge is 2.64. The van der Waals surface area contributed by atoms with Crippen molar-refractivity contribution in [2.24, 2.45) is 22.4 Å². The molecule has 2 aromatic rings. The molecule has 5 nitrogen and oxygen atoms in total. The molecule has 4 aliphatic rings. The van der Waals surface area contributed by atoms with Gasteiger partial charge in [0.2, 0.25) is 0 Å². The number of aliphatic hydroxyl groups is 1. The highest BCUT2D eigenvalue weighted by atomic mass is 16.5. The van der Waals surface area contributed by atoms with Gasteiger partial charge in [-0.2, -0.15) is 0 Å². The molecule has 0 saturated heterocycles. The Balaban J connectivity index is 1.46. The molecule has 2 heterocycles. The molecular weight excluding hydrogens is 400 g/mol. The second-order valence-corrected chi connectivity index (χ2v) is 11.5. The predicted octanol–water partition coefficient (Wildman–Crippen LogP) is 5.10. The van der Waals surface area contributed by atoms with E-state index in [9.17, 15) is 10.3 Å². The second kappa shape index (κ2) is 6.48. The van der Waals surface area contributed by atoms with Gasteiger partial charge in [0.25, 0.3) is 0 Å². The lowest BCUT2D eigenvalue weighted by atomic mass is 9.44. The first-order valence-corrected chi connectivity index (χ1v) is 12.1. The van der Waals surface area contributed by atoms with E-state index in [1.54, 1.807) is 13.8 Å². The van der Waals surface area contributed by atoms with Gasteiger partial charge in [-0.15, -0.1) is 0 Å². The van der Waals surface area contributed by atoms with Crippen molar-refractivity contribution in [3.05, 3.63) is 47.2 Å². The third-order valence-corrected chi connectivity index (χ3v) is 9.70. The highest BCUT2D eigenvalue weighted by molar-refractivity contribution is 6.00. The van der Waals surface area contributed by atoms with Crippen LogP contribution in [-0.2, 0) is 16.6 Å². The average molecular weight is 435 g/mol. The van der Waals surface area contributed by atoms with Crippen LogP contribution in [0.5, 0.6) is 0 Å². The highest BCUT2D eigenvalue weighted by Crippen LogP contribution is 2.67. The van der Waals surface area contributed by atoms with Crippen LogP contribution in [-0.4, -0.2) is 38.8 Å². The largest absolute Gasteiger partial charge is 0.411 e. The van der Waals surface area contributed by atoms with E-state index in [-0.39, 0.29) is 16.9 Å². The molecule has 6 rings (SSSR count). The predicted molar refractivity (Wildman–Crippen MR) is 125 cm³/mol. The lowest BCUT2D eigenvalue weighted by Gasteiger charge is -2.61. The van der Waals surface area contributed by atoms with E-state index in [4.69, 9.17) is 4.74 Å². The Labute approximate surface area is 189 Å². The number of benzene rings is 1. The lowest BCUT2D eigenvalue weighted by molar-refractivity contribution is -0.112. The Morgan fingerprint density at radius 3 is 2.69 bits per heavy atom. The monoisotopic (exact) mass is 434 g/mol. The Bertz CT molecular complexity index is 1160. The summed E-state index contributed by atoms with van der Waals surface area (Å²) in [4.78, 5) is 3.85. The van der Waals surface area contributed by atoms with Crippen molar-refractivity contribution >= 4 is 16.6 Å². The van der Waals surface area contributed by atoms with E-state index in [1.165, 1.54) is 34.2 Å². The summed E-state index contributed by atoms with van der Waals surface area (Å²) in [5.74, 6) is 1.02. The number of aromatic nitrogens is 1. The number of aromatic amines is 1. The van der Waals surface area contributed by atoms with Crippen LogP contribution >= 0.6 is 0 Å². The van der Waals surface area contributed by atoms with Crippen LogP contribution in [0.3, 0.4) is 0 Å². The lowest BCUT2D eigenvalue weighted by Crippen LogP contribution is -2.59. The summed E-state index contributed by atoms with van der Waals surface area (Å²) in [7, 11) is 0. The molecule has 1 aromatic carbocycles. The number of rotatable bonds is 1. The zero-order valence-corrected chi connectivity index (χ0v) is 19.5. The first kappa shape index (κ1) is 20.5. The number of hydrogen-bond acceptors (Lipinski definition) is 4. The molecule has 5 heteroatoms. The fourth-order valence-electron chi connectivity index (χ4n) is 7.92. The molecule has 170 valence electrons. The third kappa shape index (κ3) is 2.44. The van der Waals surface area contributed by atoms with E-state index in [0.29, 0.717) is 17.5 Å². The summed E-state index contributed by atoms with van der Waals surface area (Å²) in [5.41, 5.74) is 4.98. The maximum atomic E-state index is 10.6. The number of H-pyrrole nitrogens is 1. The van der Waals surface area contributed by atoms with Crippen molar-refractivity contribution in [2.45, 2.75) is 83.0 Å². The van der Waals surface area contributed by atoms with E-state index < -0.39 is 11.7 Å². The number of para-hydroxylation sites is 1. The van der Waals surface area contributed by atoms with Crippen LogP contribution in [0.1, 0.15) is 64.6 Å². The maximum Gasteiger partial charge on any atom is 0.132 e. The van der Waals surface area contributed by atoms with Gasteiger partial charge in [0, 0.05) is 22.0 Å². The van der Waals surface area contributed by atoms with Gasteiger partial charge in [-0.1, -0.05) is 37.2 Å². The van der Waals surface area contributed by atoms with Crippen molar-refractivity contribution in [1.82, 2.24) is 4.98 Å². The van der Waals surface area contributed by atoms with Gasteiger partial charge >= 0.3 is 0 Å². The zero-order valence-electron chi connectivity index (χ0n) is 19.5. The molecule has 0 spiro atoms. The first-order valence-electron chi connectivity index (χ1n) is 12.1. The van der Waals surface area contributed by atoms with Gasteiger partial charge in [-0.05, 0) is 86.5 Å². The minimum Gasteiger partial charge on any atom is -0.411 e. The minimum atomic E-state index is -1.10. The molecule has 0 bridgehead atoms. The van der Waals surface area contributed by atoms with Gasteiger partial charge in [-0.25, -0.2) is 0 Å². The van der Waals surface area contributed by atoms with Crippen molar-refractivity contribution < 1.29 is 15.1 Å². The smallest absolute Gasteiger partial charge is 0.132 e. The SMILES string of the molecule is CC(C)(O)C1OC2CC[C@@]3(C)C(CCC4Cc5c([nH]c6ccccc56)[C@@]43C)C2=CC1=NO.